The lowest BCUT2D eigenvalue weighted by Gasteiger charge is -2.15. The van der Waals surface area contributed by atoms with Gasteiger partial charge in [-0.1, -0.05) is 15.9 Å². The minimum Gasteiger partial charge on any atom is -0.494 e. The second-order valence-corrected chi connectivity index (χ2v) is 6.70. The Morgan fingerprint density at radius 3 is 2.59 bits per heavy atom. The minimum atomic E-state index is -0.631. The van der Waals surface area contributed by atoms with E-state index >= 15 is 0 Å². The van der Waals surface area contributed by atoms with E-state index in [1.54, 1.807) is 24.3 Å². The van der Waals surface area contributed by atoms with Gasteiger partial charge < -0.3 is 14.6 Å². The Bertz CT molecular complexity index is 929. The summed E-state index contributed by atoms with van der Waals surface area (Å²) in [6.07, 6.45) is 0.445. The molecule has 2 aromatic rings. The van der Waals surface area contributed by atoms with Crippen LogP contribution in [0.3, 0.4) is 0 Å². The van der Waals surface area contributed by atoms with Crippen molar-refractivity contribution >= 4 is 21.7 Å². The average molecular weight is 435 g/mol. The monoisotopic (exact) mass is 434 g/mol. The van der Waals surface area contributed by atoms with Gasteiger partial charge >= 0.3 is 0 Å². The molecule has 0 atom stereocenters. The van der Waals surface area contributed by atoms with Crippen LogP contribution in [0.2, 0.25) is 0 Å². The summed E-state index contributed by atoms with van der Waals surface area (Å²) in [6.45, 7) is 1.63. The van der Waals surface area contributed by atoms with Crippen LogP contribution in [0.4, 0.5) is 0 Å². The number of benzene rings is 1. The number of ether oxygens (including phenoxy) is 2. The highest BCUT2D eigenvalue weighted by atomic mass is 79.9. The molecule has 0 amide bonds. The molecule has 0 aliphatic heterocycles. The molecule has 0 saturated carbocycles. The second kappa shape index (κ2) is 9.35. The van der Waals surface area contributed by atoms with Gasteiger partial charge in [0.2, 0.25) is 11.7 Å². The molecule has 0 radical (unpaired) electrons. The van der Waals surface area contributed by atoms with E-state index in [1.165, 1.54) is 14.0 Å². The highest BCUT2D eigenvalue weighted by Crippen LogP contribution is 2.23. The molecular weight excluding hydrogens is 416 g/mol. The number of pyridine rings is 1. The van der Waals surface area contributed by atoms with Gasteiger partial charge in [0.05, 0.1) is 5.56 Å². The van der Waals surface area contributed by atoms with Crippen molar-refractivity contribution in [3.05, 3.63) is 55.8 Å². The zero-order chi connectivity index (χ0) is 20.0. The fourth-order valence-electron chi connectivity index (χ4n) is 2.61. The number of carbonyl (C=O) groups excluding carboxylic acids is 1. The number of carbonyl (C=O) groups is 1. The molecule has 8 heteroatoms. The fourth-order valence-corrected chi connectivity index (χ4v) is 2.88. The Morgan fingerprint density at radius 1 is 1.33 bits per heavy atom. The Balaban J connectivity index is 2.34. The Kier molecular flexibility index (Phi) is 7.16. The number of methoxy groups -OCH3 is 1. The van der Waals surface area contributed by atoms with E-state index in [1.807, 2.05) is 6.07 Å². The van der Waals surface area contributed by atoms with Crippen molar-refractivity contribution in [2.75, 3.05) is 20.3 Å². The van der Waals surface area contributed by atoms with Gasteiger partial charge in [0.1, 0.15) is 17.4 Å². The summed E-state index contributed by atoms with van der Waals surface area (Å²) in [5.41, 5.74) is -0.737. The Morgan fingerprint density at radius 2 is 2.00 bits per heavy atom. The number of nitrogens with zero attached hydrogens (tertiary/aromatic N) is 2. The summed E-state index contributed by atoms with van der Waals surface area (Å²) in [7, 11) is 1.52. The highest BCUT2D eigenvalue weighted by molar-refractivity contribution is 9.10. The van der Waals surface area contributed by atoms with Crippen LogP contribution in [-0.2, 0) is 11.3 Å². The topological polar surface area (TPSA) is 102 Å². The Labute approximate surface area is 164 Å². The molecule has 142 valence electrons. The van der Waals surface area contributed by atoms with Gasteiger partial charge in [0, 0.05) is 24.7 Å². The summed E-state index contributed by atoms with van der Waals surface area (Å²) in [5.74, 6) is -0.500. The average Bonchev–Trinajstić information content (AvgIpc) is 2.64. The summed E-state index contributed by atoms with van der Waals surface area (Å²) < 4.78 is 12.3. The quantitative estimate of drug-likeness (QED) is 0.506. The number of aromatic nitrogens is 1. The van der Waals surface area contributed by atoms with Crippen LogP contribution in [-0.4, -0.2) is 35.8 Å². The molecule has 0 spiro atoms. The van der Waals surface area contributed by atoms with Crippen LogP contribution in [0.25, 0.3) is 0 Å². The lowest BCUT2D eigenvalue weighted by Crippen LogP contribution is -2.28. The number of rotatable bonds is 8. The summed E-state index contributed by atoms with van der Waals surface area (Å²) in [4.78, 5) is 25.1. The maximum atomic E-state index is 12.6. The van der Waals surface area contributed by atoms with Gasteiger partial charge in [-0.2, -0.15) is 5.26 Å². The van der Waals surface area contributed by atoms with E-state index < -0.39 is 17.2 Å². The zero-order valence-corrected chi connectivity index (χ0v) is 16.6. The van der Waals surface area contributed by atoms with E-state index in [9.17, 15) is 20.0 Å². The van der Waals surface area contributed by atoms with Crippen LogP contribution in [0.1, 0.15) is 27.9 Å². The molecule has 7 nitrogen and oxygen atoms in total. The molecular formula is C19H19BrN2O5. The molecule has 0 saturated heterocycles. The molecule has 2 rings (SSSR count). The zero-order valence-electron chi connectivity index (χ0n) is 15.0. The van der Waals surface area contributed by atoms with Crippen molar-refractivity contribution in [2.45, 2.75) is 19.9 Å². The van der Waals surface area contributed by atoms with E-state index in [0.717, 1.165) is 9.04 Å². The molecule has 27 heavy (non-hydrogen) atoms. The van der Waals surface area contributed by atoms with Crippen LogP contribution in [0.5, 0.6) is 11.6 Å². The molecule has 0 aliphatic rings. The van der Waals surface area contributed by atoms with Crippen molar-refractivity contribution in [1.29, 1.82) is 5.26 Å². The van der Waals surface area contributed by atoms with Crippen molar-refractivity contribution < 1.29 is 19.4 Å². The SMILES string of the molecule is COCCCn1c(O)c(C(=O)COc2ccc(Br)cc2)c(C)c(C#N)c1=O. The van der Waals surface area contributed by atoms with Gasteiger partial charge in [-0.3, -0.25) is 14.2 Å². The van der Waals surface area contributed by atoms with Gasteiger partial charge in [-0.15, -0.1) is 0 Å². The molecule has 1 N–H and O–H groups in total. The van der Waals surface area contributed by atoms with Gasteiger partial charge in [-0.25, -0.2) is 0 Å². The van der Waals surface area contributed by atoms with E-state index in [0.29, 0.717) is 18.8 Å². The highest BCUT2D eigenvalue weighted by Gasteiger charge is 2.24. The van der Waals surface area contributed by atoms with Crippen LogP contribution in [0, 0.1) is 18.3 Å². The summed E-state index contributed by atoms with van der Waals surface area (Å²) in [5, 5.41) is 19.8. The predicted molar refractivity (Wildman–Crippen MR) is 102 cm³/mol. The van der Waals surface area contributed by atoms with Crippen LogP contribution in [0.15, 0.2) is 33.5 Å². The number of hydrogen-bond acceptors (Lipinski definition) is 6. The van der Waals surface area contributed by atoms with Crippen LogP contribution >= 0.6 is 15.9 Å². The molecule has 0 bridgehead atoms. The number of halogens is 1. The fraction of sp³-hybridized carbons (Fsp3) is 0.316. The third kappa shape index (κ3) is 4.76. The predicted octanol–water partition coefficient (Wildman–Crippen LogP) is 2.79. The third-order valence-electron chi connectivity index (χ3n) is 3.99. The lowest BCUT2D eigenvalue weighted by molar-refractivity contribution is 0.0916. The largest absolute Gasteiger partial charge is 0.494 e. The summed E-state index contributed by atoms with van der Waals surface area (Å²) in [6, 6.07) is 8.75. The number of nitriles is 1. The van der Waals surface area contributed by atoms with Gasteiger partial charge in [-0.05, 0) is 43.2 Å². The van der Waals surface area contributed by atoms with Crippen LogP contribution < -0.4 is 10.3 Å². The Hall–Kier alpha value is -2.63. The smallest absolute Gasteiger partial charge is 0.271 e. The van der Waals surface area contributed by atoms with E-state index in [4.69, 9.17) is 9.47 Å². The van der Waals surface area contributed by atoms with Gasteiger partial charge in [0.15, 0.2) is 6.61 Å². The third-order valence-corrected chi connectivity index (χ3v) is 4.52. The van der Waals surface area contributed by atoms with Crippen molar-refractivity contribution in [3.63, 3.8) is 0 Å². The number of aromatic hydroxyl groups is 1. The lowest BCUT2D eigenvalue weighted by atomic mass is 10.0. The van der Waals surface area contributed by atoms with Crippen molar-refractivity contribution in [1.82, 2.24) is 4.57 Å². The minimum absolute atomic E-state index is 0.0827. The first kappa shape index (κ1) is 20.7. The second-order valence-electron chi connectivity index (χ2n) is 5.78. The van der Waals surface area contributed by atoms with E-state index in [2.05, 4.69) is 15.9 Å². The molecule has 1 aromatic heterocycles. The number of Topliss-reactive ketones (excluding diaryl/α,β-unsaturated/α-hetero) is 1. The standard InChI is InChI=1S/C19H19BrN2O5/c1-12-15(10-21)18(24)22(8-3-9-26-2)19(25)17(12)16(23)11-27-14-6-4-13(20)5-7-14/h4-7,25H,3,8-9,11H2,1-2H3. The maximum absolute atomic E-state index is 12.6. The normalized spacial score (nSPS) is 10.4. The maximum Gasteiger partial charge on any atom is 0.271 e. The molecule has 0 unspecified atom stereocenters. The van der Waals surface area contributed by atoms with Crippen molar-refractivity contribution in [3.8, 4) is 17.7 Å². The molecule has 0 aliphatic carbocycles. The molecule has 1 aromatic carbocycles. The first-order chi connectivity index (χ1) is 12.9. The molecule has 0 fully saturated rings. The van der Waals surface area contributed by atoms with Crippen molar-refractivity contribution in [2.24, 2.45) is 0 Å². The first-order valence-electron chi connectivity index (χ1n) is 8.17. The first-order valence-corrected chi connectivity index (χ1v) is 8.97. The number of ketones is 1. The van der Waals surface area contributed by atoms with E-state index in [-0.39, 0.29) is 29.8 Å². The van der Waals surface area contributed by atoms with Gasteiger partial charge in [0.25, 0.3) is 5.56 Å². The summed E-state index contributed by atoms with van der Waals surface area (Å²) >= 11 is 3.31. The number of hydrogen-bond donors (Lipinski definition) is 1. The molecule has 1 heterocycles.